The summed E-state index contributed by atoms with van der Waals surface area (Å²) >= 11 is 5.82. The Morgan fingerprint density at radius 3 is 2.94 bits per heavy atom. The monoisotopic (exact) mass is 236 g/mol. The number of hydrogen-bond donors (Lipinski definition) is 0. The summed E-state index contributed by atoms with van der Waals surface area (Å²) in [5.41, 5.74) is 1.15. The van der Waals surface area contributed by atoms with Gasteiger partial charge in [-0.05, 0) is 36.9 Å². The molecule has 0 saturated heterocycles. The predicted octanol–water partition coefficient (Wildman–Crippen LogP) is 2.96. The molecule has 2 rings (SSSR count). The van der Waals surface area contributed by atoms with Gasteiger partial charge in [0.2, 0.25) is 0 Å². The Labute approximate surface area is 99.7 Å². The van der Waals surface area contributed by atoms with Crippen LogP contribution >= 0.6 is 11.6 Å². The van der Waals surface area contributed by atoms with Gasteiger partial charge in [-0.25, -0.2) is 4.98 Å². The lowest BCUT2D eigenvalue weighted by Crippen LogP contribution is -2.16. The van der Waals surface area contributed by atoms with E-state index in [9.17, 15) is 0 Å². The molecule has 4 heteroatoms. The molecule has 84 valence electrons. The van der Waals surface area contributed by atoms with Crippen LogP contribution in [0.15, 0.2) is 41.1 Å². The lowest BCUT2D eigenvalue weighted by molar-refractivity contribution is 0.288. The van der Waals surface area contributed by atoms with Crippen LogP contribution < -0.4 is 0 Å². The highest BCUT2D eigenvalue weighted by Gasteiger charge is 2.04. The van der Waals surface area contributed by atoms with E-state index >= 15 is 0 Å². The normalized spacial score (nSPS) is 10.9. The van der Waals surface area contributed by atoms with Gasteiger partial charge >= 0.3 is 0 Å². The van der Waals surface area contributed by atoms with Crippen LogP contribution in [0.3, 0.4) is 0 Å². The summed E-state index contributed by atoms with van der Waals surface area (Å²) in [7, 11) is 2.04. The van der Waals surface area contributed by atoms with Crippen LogP contribution in [0.25, 0.3) is 0 Å². The second-order valence-corrected chi connectivity index (χ2v) is 4.13. The molecule has 0 aliphatic carbocycles. The maximum absolute atomic E-state index is 5.82. The van der Waals surface area contributed by atoms with Gasteiger partial charge in [-0.3, -0.25) is 4.90 Å². The third kappa shape index (κ3) is 3.08. The Morgan fingerprint density at radius 2 is 2.25 bits per heavy atom. The minimum Gasteiger partial charge on any atom is -0.468 e. The van der Waals surface area contributed by atoms with Crippen LogP contribution in [0.2, 0.25) is 5.15 Å². The van der Waals surface area contributed by atoms with Crippen molar-refractivity contribution in [1.29, 1.82) is 0 Å². The maximum atomic E-state index is 5.82. The fourth-order valence-corrected chi connectivity index (χ4v) is 1.77. The molecule has 0 aromatic carbocycles. The average molecular weight is 237 g/mol. The molecule has 2 heterocycles. The van der Waals surface area contributed by atoms with E-state index in [1.54, 1.807) is 12.5 Å². The highest BCUT2D eigenvalue weighted by molar-refractivity contribution is 6.29. The number of aromatic nitrogens is 1. The first kappa shape index (κ1) is 11.2. The van der Waals surface area contributed by atoms with Gasteiger partial charge in [0.25, 0.3) is 0 Å². The van der Waals surface area contributed by atoms with Crippen molar-refractivity contribution >= 4 is 11.6 Å². The van der Waals surface area contributed by atoms with E-state index < -0.39 is 0 Å². The number of furan rings is 1. The van der Waals surface area contributed by atoms with Crippen LogP contribution in [-0.2, 0) is 13.1 Å². The summed E-state index contributed by atoms with van der Waals surface area (Å²) in [6, 6.07) is 7.70. The van der Waals surface area contributed by atoms with Gasteiger partial charge in [-0.15, -0.1) is 0 Å². The van der Waals surface area contributed by atoms with Crippen LogP contribution in [-0.4, -0.2) is 16.9 Å². The maximum Gasteiger partial charge on any atom is 0.129 e. The van der Waals surface area contributed by atoms with Gasteiger partial charge in [0.1, 0.15) is 10.9 Å². The highest BCUT2D eigenvalue weighted by atomic mass is 35.5. The zero-order valence-corrected chi connectivity index (χ0v) is 9.81. The van der Waals surface area contributed by atoms with E-state index in [-0.39, 0.29) is 0 Å². The van der Waals surface area contributed by atoms with E-state index in [0.29, 0.717) is 5.15 Å². The van der Waals surface area contributed by atoms with Crippen molar-refractivity contribution in [3.63, 3.8) is 0 Å². The zero-order valence-electron chi connectivity index (χ0n) is 9.06. The first-order valence-corrected chi connectivity index (χ1v) is 5.43. The van der Waals surface area contributed by atoms with Gasteiger partial charge in [-0.1, -0.05) is 11.6 Å². The number of halogens is 1. The molecule has 16 heavy (non-hydrogen) atoms. The molecule has 0 atom stereocenters. The topological polar surface area (TPSA) is 29.3 Å². The first-order chi connectivity index (χ1) is 7.74. The number of nitrogens with zero attached hydrogens (tertiary/aromatic N) is 2. The van der Waals surface area contributed by atoms with E-state index in [0.717, 1.165) is 24.4 Å². The van der Waals surface area contributed by atoms with Gasteiger partial charge < -0.3 is 4.42 Å². The predicted molar refractivity (Wildman–Crippen MR) is 63.1 cm³/mol. The van der Waals surface area contributed by atoms with Crippen molar-refractivity contribution in [2.24, 2.45) is 0 Å². The SMILES string of the molecule is CN(Cc1ccnc(Cl)c1)Cc1ccco1. The van der Waals surface area contributed by atoms with Crippen molar-refractivity contribution in [2.45, 2.75) is 13.1 Å². The molecule has 0 aliphatic rings. The molecule has 0 spiro atoms. The molecule has 0 amide bonds. The van der Waals surface area contributed by atoms with Gasteiger partial charge in [0, 0.05) is 12.7 Å². The molecule has 0 fully saturated rings. The summed E-state index contributed by atoms with van der Waals surface area (Å²) in [6.07, 6.45) is 3.41. The van der Waals surface area contributed by atoms with E-state index in [1.165, 1.54) is 0 Å². The van der Waals surface area contributed by atoms with Gasteiger partial charge in [0.05, 0.1) is 12.8 Å². The highest BCUT2D eigenvalue weighted by Crippen LogP contribution is 2.11. The fraction of sp³-hybridized carbons (Fsp3) is 0.250. The molecule has 3 nitrogen and oxygen atoms in total. The first-order valence-electron chi connectivity index (χ1n) is 5.05. The second-order valence-electron chi connectivity index (χ2n) is 3.74. The Morgan fingerprint density at radius 1 is 1.38 bits per heavy atom. The van der Waals surface area contributed by atoms with Crippen molar-refractivity contribution in [3.05, 3.63) is 53.2 Å². The van der Waals surface area contributed by atoms with Crippen LogP contribution in [0, 0.1) is 0 Å². The van der Waals surface area contributed by atoms with Crippen LogP contribution in [0.4, 0.5) is 0 Å². The zero-order chi connectivity index (χ0) is 11.4. The van der Waals surface area contributed by atoms with Crippen LogP contribution in [0.5, 0.6) is 0 Å². The second kappa shape index (κ2) is 5.14. The Bertz CT molecular complexity index is 442. The van der Waals surface area contributed by atoms with Crippen molar-refractivity contribution in [2.75, 3.05) is 7.05 Å². The third-order valence-corrected chi connectivity index (χ3v) is 2.46. The fourth-order valence-electron chi connectivity index (χ4n) is 1.58. The van der Waals surface area contributed by atoms with E-state index in [2.05, 4.69) is 9.88 Å². The number of pyridine rings is 1. The van der Waals surface area contributed by atoms with E-state index in [1.807, 2.05) is 31.3 Å². The molecule has 0 N–H and O–H groups in total. The van der Waals surface area contributed by atoms with E-state index in [4.69, 9.17) is 16.0 Å². The van der Waals surface area contributed by atoms with Crippen molar-refractivity contribution < 1.29 is 4.42 Å². The molecule has 2 aromatic rings. The van der Waals surface area contributed by atoms with Crippen molar-refractivity contribution in [3.8, 4) is 0 Å². The minimum atomic E-state index is 0.531. The smallest absolute Gasteiger partial charge is 0.129 e. The van der Waals surface area contributed by atoms with Crippen LogP contribution in [0.1, 0.15) is 11.3 Å². The molecule has 0 saturated carbocycles. The molecule has 0 bridgehead atoms. The summed E-state index contributed by atoms with van der Waals surface area (Å²) < 4.78 is 5.29. The largest absolute Gasteiger partial charge is 0.468 e. The lowest BCUT2D eigenvalue weighted by atomic mass is 10.2. The Kier molecular flexibility index (Phi) is 3.59. The number of hydrogen-bond acceptors (Lipinski definition) is 3. The molecule has 0 aliphatic heterocycles. The molecule has 2 aromatic heterocycles. The summed E-state index contributed by atoms with van der Waals surface area (Å²) in [4.78, 5) is 6.11. The standard InChI is InChI=1S/C12H13ClN2O/c1-15(9-11-3-2-6-16-11)8-10-4-5-14-12(13)7-10/h2-7H,8-9H2,1H3. The molecule has 0 unspecified atom stereocenters. The van der Waals surface area contributed by atoms with Crippen molar-refractivity contribution in [1.82, 2.24) is 9.88 Å². The number of rotatable bonds is 4. The molecular weight excluding hydrogens is 224 g/mol. The third-order valence-electron chi connectivity index (χ3n) is 2.25. The lowest BCUT2D eigenvalue weighted by Gasteiger charge is -2.14. The summed E-state index contributed by atoms with van der Waals surface area (Å²) in [5, 5.41) is 0.531. The molecule has 0 radical (unpaired) electrons. The van der Waals surface area contributed by atoms with Gasteiger partial charge in [-0.2, -0.15) is 0 Å². The Hall–Kier alpha value is -1.32. The summed E-state index contributed by atoms with van der Waals surface area (Å²) in [6.45, 7) is 1.61. The van der Waals surface area contributed by atoms with Gasteiger partial charge in [0.15, 0.2) is 0 Å². The Balaban J connectivity index is 1.94. The summed E-state index contributed by atoms with van der Waals surface area (Å²) in [5.74, 6) is 0.961. The quantitative estimate of drug-likeness (QED) is 0.765. The average Bonchev–Trinajstić information content (AvgIpc) is 2.70. The molecular formula is C12H13ClN2O. The minimum absolute atomic E-state index is 0.531.